The van der Waals surface area contributed by atoms with E-state index in [4.69, 9.17) is 5.11 Å². The Bertz CT molecular complexity index is 752. The highest BCUT2D eigenvalue weighted by Crippen LogP contribution is 2.26. The normalized spacial score (nSPS) is 11.4. The molecule has 0 fully saturated rings. The van der Waals surface area contributed by atoms with Crippen LogP contribution in [0.3, 0.4) is 0 Å². The van der Waals surface area contributed by atoms with Crippen molar-refractivity contribution in [1.82, 2.24) is 0 Å². The third-order valence-electron chi connectivity index (χ3n) is 3.14. The minimum absolute atomic E-state index is 0.0507. The van der Waals surface area contributed by atoms with Gasteiger partial charge in [-0.05, 0) is 50.2 Å². The first kappa shape index (κ1) is 16.0. The van der Waals surface area contributed by atoms with Crippen LogP contribution in [0.2, 0.25) is 0 Å². The number of anilines is 1. The number of carboxylic acid groups (broad SMARTS) is 1. The molecule has 5 nitrogen and oxygen atoms in total. The second-order valence-corrected chi connectivity index (χ2v) is 6.87. The summed E-state index contributed by atoms with van der Waals surface area (Å²) in [6.45, 7) is 3.58. The molecule has 116 valence electrons. The van der Waals surface area contributed by atoms with Crippen LogP contribution in [0, 0.1) is 0 Å². The molecule has 6 heteroatoms. The van der Waals surface area contributed by atoms with Crippen molar-refractivity contribution in [3.8, 4) is 0 Å². The van der Waals surface area contributed by atoms with Crippen molar-refractivity contribution in [2.75, 3.05) is 4.31 Å². The number of hydrogen-bond acceptors (Lipinski definition) is 3. The number of nitrogens with zero attached hydrogens (tertiary/aromatic N) is 1. The number of sulfonamides is 1. The molecule has 1 N–H and O–H groups in total. The van der Waals surface area contributed by atoms with E-state index in [9.17, 15) is 13.2 Å². The summed E-state index contributed by atoms with van der Waals surface area (Å²) >= 11 is 0. The fraction of sp³-hybridized carbons (Fsp3) is 0.188. The largest absolute Gasteiger partial charge is 0.478 e. The summed E-state index contributed by atoms with van der Waals surface area (Å²) in [6, 6.07) is 13.8. The van der Waals surface area contributed by atoms with Crippen LogP contribution in [0.5, 0.6) is 0 Å². The first-order valence-corrected chi connectivity index (χ1v) is 8.21. The van der Waals surface area contributed by atoms with E-state index >= 15 is 0 Å². The molecule has 2 aromatic rings. The smallest absolute Gasteiger partial charge is 0.335 e. The Morgan fingerprint density at radius 1 is 1.00 bits per heavy atom. The first-order chi connectivity index (χ1) is 10.3. The van der Waals surface area contributed by atoms with Gasteiger partial charge in [0.1, 0.15) is 0 Å². The second kappa shape index (κ2) is 6.19. The van der Waals surface area contributed by atoms with Crippen molar-refractivity contribution in [2.45, 2.75) is 24.8 Å². The average Bonchev–Trinajstić information content (AvgIpc) is 2.48. The van der Waals surface area contributed by atoms with Gasteiger partial charge in [-0.2, -0.15) is 0 Å². The Morgan fingerprint density at radius 3 is 2.00 bits per heavy atom. The summed E-state index contributed by atoms with van der Waals surface area (Å²) in [5, 5.41) is 8.89. The number of carbonyl (C=O) groups is 1. The van der Waals surface area contributed by atoms with E-state index in [2.05, 4.69) is 0 Å². The Balaban J connectivity index is 2.48. The van der Waals surface area contributed by atoms with Gasteiger partial charge in [-0.3, -0.25) is 4.31 Å². The lowest BCUT2D eigenvalue weighted by Crippen LogP contribution is -2.37. The summed E-state index contributed by atoms with van der Waals surface area (Å²) < 4.78 is 27.0. The number of aromatic carboxylic acids is 1. The molecule has 0 spiro atoms. The van der Waals surface area contributed by atoms with Gasteiger partial charge in [-0.1, -0.05) is 18.2 Å². The molecular weight excluding hydrogens is 302 g/mol. The SMILES string of the molecule is CC(C)N(c1ccccc1)S(=O)(=O)c1ccc(C(=O)O)cc1. The van der Waals surface area contributed by atoms with Crippen LogP contribution in [0.4, 0.5) is 5.69 Å². The van der Waals surface area contributed by atoms with Crippen LogP contribution in [0.1, 0.15) is 24.2 Å². The monoisotopic (exact) mass is 319 g/mol. The third-order valence-corrected chi connectivity index (χ3v) is 5.16. The number of rotatable bonds is 5. The van der Waals surface area contributed by atoms with Crippen molar-refractivity contribution < 1.29 is 18.3 Å². The van der Waals surface area contributed by atoms with Gasteiger partial charge in [-0.15, -0.1) is 0 Å². The molecule has 0 heterocycles. The van der Waals surface area contributed by atoms with Crippen LogP contribution in [-0.2, 0) is 10.0 Å². The van der Waals surface area contributed by atoms with Crippen molar-refractivity contribution in [2.24, 2.45) is 0 Å². The molecule has 0 unspecified atom stereocenters. The molecule has 0 aliphatic heterocycles. The molecule has 2 aromatic carbocycles. The summed E-state index contributed by atoms with van der Waals surface area (Å²) in [5.74, 6) is -1.09. The highest BCUT2D eigenvalue weighted by Gasteiger charge is 2.27. The Kier molecular flexibility index (Phi) is 4.51. The zero-order valence-electron chi connectivity index (χ0n) is 12.3. The van der Waals surface area contributed by atoms with E-state index in [-0.39, 0.29) is 16.5 Å². The maximum atomic E-state index is 12.8. The Hall–Kier alpha value is -2.34. The predicted octanol–water partition coefficient (Wildman–Crippen LogP) is 2.99. The summed E-state index contributed by atoms with van der Waals surface area (Å²) in [5.41, 5.74) is 0.620. The first-order valence-electron chi connectivity index (χ1n) is 6.77. The molecule has 0 aliphatic rings. The molecule has 0 aliphatic carbocycles. The van der Waals surface area contributed by atoms with Crippen LogP contribution in [0.25, 0.3) is 0 Å². The number of hydrogen-bond donors (Lipinski definition) is 1. The fourth-order valence-electron chi connectivity index (χ4n) is 2.17. The standard InChI is InChI=1S/C16H17NO4S/c1-12(2)17(14-6-4-3-5-7-14)22(20,21)15-10-8-13(9-11-15)16(18)19/h3-12H,1-2H3,(H,18,19). The van der Waals surface area contributed by atoms with Crippen LogP contribution < -0.4 is 4.31 Å². The third kappa shape index (κ3) is 3.12. The summed E-state index contributed by atoms with van der Waals surface area (Å²) in [7, 11) is -3.76. The molecule has 0 aromatic heterocycles. The van der Waals surface area contributed by atoms with Gasteiger partial charge >= 0.3 is 5.97 Å². The molecule has 0 amide bonds. The summed E-state index contributed by atoms with van der Waals surface area (Å²) in [4.78, 5) is 10.9. The number of carboxylic acids is 1. The van der Waals surface area contributed by atoms with E-state index < -0.39 is 16.0 Å². The van der Waals surface area contributed by atoms with Gasteiger partial charge in [0.15, 0.2) is 0 Å². The van der Waals surface area contributed by atoms with Gasteiger partial charge in [0.25, 0.3) is 10.0 Å². The van der Waals surface area contributed by atoms with E-state index in [1.54, 1.807) is 38.1 Å². The summed E-state index contributed by atoms with van der Waals surface area (Å²) in [6.07, 6.45) is 0. The van der Waals surface area contributed by atoms with Crippen molar-refractivity contribution in [3.05, 3.63) is 60.2 Å². The highest BCUT2D eigenvalue weighted by molar-refractivity contribution is 7.92. The Morgan fingerprint density at radius 2 is 1.55 bits per heavy atom. The molecule has 0 saturated carbocycles. The molecule has 0 bridgehead atoms. The van der Waals surface area contributed by atoms with Crippen molar-refractivity contribution >= 4 is 21.7 Å². The maximum Gasteiger partial charge on any atom is 0.335 e. The highest BCUT2D eigenvalue weighted by atomic mass is 32.2. The minimum atomic E-state index is -3.76. The van der Waals surface area contributed by atoms with Crippen molar-refractivity contribution in [1.29, 1.82) is 0 Å². The van der Waals surface area contributed by atoms with Crippen LogP contribution >= 0.6 is 0 Å². The van der Waals surface area contributed by atoms with Crippen molar-refractivity contribution in [3.63, 3.8) is 0 Å². The van der Waals surface area contributed by atoms with Crippen LogP contribution in [0.15, 0.2) is 59.5 Å². The molecular formula is C16H17NO4S. The maximum absolute atomic E-state index is 12.8. The average molecular weight is 319 g/mol. The number of para-hydroxylation sites is 1. The van der Waals surface area contributed by atoms with Gasteiger partial charge in [0.05, 0.1) is 16.1 Å². The fourth-order valence-corrected chi connectivity index (χ4v) is 3.83. The van der Waals surface area contributed by atoms with Gasteiger partial charge in [-0.25, -0.2) is 13.2 Å². The quantitative estimate of drug-likeness (QED) is 0.919. The Labute approximate surface area is 129 Å². The van der Waals surface area contributed by atoms with Gasteiger partial charge in [0, 0.05) is 6.04 Å². The molecule has 2 rings (SSSR count). The zero-order chi connectivity index (χ0) is 16.3. The molecule has 0 radical (unpaired) electrons. The minimum Gasteiger partial charge on any atom is -0.478 e. The second-order valence-electron chi connectivity index (χ2n) is 5.06. The number of benzene rings is 2. The lowest BCUT2D eigenvalue weighted by molar-refractivity contribution is 0.0696. The predicted molar refractivity (Wildman–Crippen MR) is 84.6 cm³/mol. The van der Waals surface area contributed by atoms with E-state index in [1.165, 1.54) is 28.6 Å². The van der Waals surface area contributed by atoms with E-state index in [1.807, 2.05) is 6.07 Å². The van der Waals surface area contributed by atoms with Gasteiger partial charge in [0.2, 0.25) is 0 Å². The van der Waals surface area contributed by atoms with Crippen LogP contribution in [-0.4, -0.2) is 25.5 Å². The topological polar surface area (TPSA) is 74.7 Å². The molecule has 0 atom stereocenters. The van der Waals surface area contributed by atoms with E-state index in [0.29, 0.717) is 5.69 Å². The lowest BCUT2D eigenvalue weighted by Gasteiger charge is -2.28. The lowest BCUT2D eigenvalue weighted by atomic mass is 10.2. The van der Waals surface area contributed by atoms with Gasteiger partial charge < -0.3 is 5.11 Å². The zero-order valence-corrected chi connectivity index (χ0v) is 13.1. The molecule has 22 heavy (non-hydrogen) atoms. The van der Waals surface area contributed by atoms with E-state index in [0.717, 1.165) is 0 Å². The molecule has 0 saturated heterocycles.